The van der Waals surface area contributed by atoms with E-state index in [1.54, 1.807) is 18.2 Å². The molecule has 0 saturated heterocycles. The summed E-state index contributed by atoms with van der Waals surface area (Å²) in [4.78, 5) is 37.5. The molecule has 28 heavy (non-hydrogen) atoms. The molecule has 0 aromatic heterocycles. The first kappa shape index (κ1) is 19.3. The number of carboxylic acids is 1. The summed E-state index contributed by atoms with van der Waals surface area (Å²) in [6, 6.07) is 11.6. The molecule has 0 radical (unpaired) electrons. The van der Waals surface area contributed by atoms with Gasteiger partial charge in [0, 0.05) is 5.56 Å². The molecule has 0 unspecified atom stereocenters. The van der Waals surface area contributed by atoms with Crippen LogP contribution in [0, 0.1) is 0 Å². The number of carbonyl (C=O) groups is 3. The Balaban J connectivity index is 1.83. The van der Waals surface area contributed by atoms with Gasteiger partial charge in [0.15, 0.2) is 6.61 Å². The number of aliphatic carboxylic acids is 1. The highest BCUT2D eigenvalue weighted by molar-refractivity contribution is 7.89. The third kappa shape index (κ3) is 4.10. The Bertz CT molecular complexity index is 1040. The van der Waals surface area contributed by atoms with Gasteiger partial charge in [-0.2, -0.15) is 0 Å². The van der Waals surface area contributed by atoms with Gasteiger partial charge in [0.05, 0.1) is 10.6 Å². The van der Waals surface area contributed by atoms with Gasteiger partial charge in [-0.25, -0.2) is 8.42 Å². The van der Waals surface area contributed by atoms with Crippen LogP contribution in [0.4, 0.5) is 5.69 Å². The number of ether oxygens (including phenoxy) is 1. The molecule has 2 aromatic rings. The fourth-order valence-electron chi connectivity index (χ4n) is 2.49. The largest absolute Gasteiger partial charge is 0.482 e. The monoisotopic (exact) mass is 405 g/mol. The number of nitrogens with zero attached hydrogens (tertiary/aromatic N) is 1. The Kier molecular flexibility index (Phi) is 5.29. The van der Waals surface area contributed by atoms with E-state index in [1.165, 1.54) is 24.3 Å². The number of sulfonamides is 1. The van der Waals surface area contributed by atoms with Crippen molar-refractivity contribution in [3.63, 3.8) is 0 Å². The van der Waals surface area contributed by atoms with Gasteiger partial charge in [-0.1, -0.05) is 18.2 Å². The predicted octanol–water partition coefficient (Wildman–Crippen LogP) is 0.120. The van der Waals surface area contributed by atoms with Crippen molar-refractivity contribution in [3.8, 4) is 5.75 Å². The van der Waals surface area contributed by atoms with Crippen molar-refractivity contribution in [1.82, 2.24) is 10.3 Å². The maximum Gasteiger partial charge on any atom is 0.323 e. The Morgan fingerprint density at radius 3 is 2.54 bits per heavy atom. The molecule has 2 amide bonds. The van der Waals surface area contributed by atoms with Gasteiger partial charge in [-0.3, -0.25) is 24.7 Å². The van der Waals surface area contributed by atoms with Crippen molar-refractivity contribution < 1.29 is 32.6 Å². The highest BCUT2D eigenvalue weighted by Crippen LogP contribution is 2.34. The van der Waals surface area contributed by atoms with E-state index < -0.39 is 34.4 Å². The van der Waals surface area contributed by atoms with Crippen molar-refractivity contribution >= 4 is 33.5 Å². The van der Waals surface area contributed by atoms with Crippen molar-refractivity contribution in [2.75, 3.05) is 18.1 Å². The average Bonchev–Trinajstić information content (AvgIpc) is 2.68. The number of amides is 2. The maximum atomic E-state index is 12.5. The van der Waals surface area contributed by atoms with Crippen LogP contribution in [0.2, 0.25) is 0 Å². The molecule has 3 rings (SSSR count). The van der Waals surface area contributed by atoms with E-state index in [9.17, 15) is 22.8 Å². The highest BCUT2D eigenvalue weighted by atomic mass is 32.2. The lowest BCUT2D eigenvalue weighted by Gasteiger charge is -2.28. The summed E-state index contributed by atoms with van der Waals surface area (Å²) < 4.78 is 30.2. The minimum absolute atomic E-state index is 0.0101. The van der Waals surface area contributed by atoms with Gasteiger partial charge in [-0.15, -0.1) is 4.83 Å². The third-order valence-corrected chi connectivity index (χ3v) is 5.06. The number of nitrogens with one attached hydrogen (secondary N) is 2. The molecule has 1 heterocycles. The van der Waals surface area contributed by atoms with Crippen LogP contribution in [0.3, 0.4) is 0 Å². The number of benzene rings is 2. The van der Waals surface area contributed by atoms with Crippen molar-refractivity contribution in [1.29, 1.82) is 0 Å². The molecular weight excluding hydrogens is 390 g/mol. The highest BCUT2D eigenvalue weighted by Gasteiger charge is 2.29. The Morgan fingerprint density at radius 2 is 1.86 bits per heavy atom. The van der Waals surface area contributed by atoms with Crippen LogP contribution in [-0.4, -0.2) is 44.5 Å². The summed E-state index contributed by atoms with van der Waals surface area (Å²) in [5, 5.41) is 8.98. The number of rotatable bonds is 6. The normalized spacial score (nSPS) is 13.4. The van der Waals surface area contributed by atoms with Crippen molar-refractivity contribution in [2.45, 2.75) is 4.90 Å². The molecule has 0 saturated carbocycles. The van der Waals surface area contributed by atoms with Crippen LogP contribution in [-0.2, 0) is 19.6 Å². The van der Waals surface area contributed by atoms with Crippen LogP contribution in [0.5, 0.6) is 5.75 Å². The molecular formula is C17H15N3O7S. The zero-order chi connectivity index (χ0) is 20.3. The second-order valence-electron chi connectivity index (χ2n) is 5.72. The molecule has 0 spiro atoms. The molecule has 146 valence electrons. The predicted molar refractivity (Wildman–Crippen MR) is 96.2 cm³/mol. The zero-order valence-corrected chi connectivity index (χ0v) is 15.1. The maximum absolute atomic E-state index is 12.5. The van der Waals surface area contributed by atoms with Gasteiger partial charge in [0.2, 0.25) is 0 Å². The summed E-state index contributed by atoms with van der Waals surface area (Å²) in [5.74, 6) is -2.36. The Morgan fingerprint density at radius 1 is 1.14 bits per heavy atom. The number of hydrogen-bond acceptors (Lipinski definition) is 6. The fraction of sp³-hybridized carbons (Fsp3) is 0.118. The topological polar surface area (TPSA) is 142 Å². The van der Waals surface area contributed by atoms with E-state index in [0.29, 0.717) is 0 Å². The van der Waals surface area contributed by atoms with Gasteiger partial charge >= 0.3 is 5.97 Å². The van der Waals surface area contributed by atoms with Gasteiger partial charge in [-0.05, 0) is 30.3 Å². The van der Waals surface area contributed by atoms with Crippen LogP contribution >= 0.6 is 0 Å². The summed E-state index contributed by atoms with van der Waals surface area (Å²) in [6.07, 6.45) is 0. The zero-order valence-electron chi connectivity index (χ0n) is 14.3. The molecule has 3 N–H and O–H groups in total. The van der Waals surface area contributed by atoms with Crippen molar-refractivity contribution in [2.24, 2.45) is 0 Å². The standard InChI is InChI=1S/C17H15N3O7S/c21-15-10-27-14-7-6-12(8-13(14)20(15)9-16(22)23)28(25,26)19-18-17(24)11-4-2-1-3-5-11/h1-8,19H,9-10H2,(H,18,24)(H,22,23). The van der Waals surface area contributed by atoms with Crippen molar-refractivity contribution in [3.05, 3.63) is 54.1 Å². The quantitative estimate of drug-likeness (QED) is 0.580. The summed E-state index contributed by atoms with van der Waals surface area (Å²) in [7, 11) is -4.19. The third-order valence-electron chi connectivity index (χ3n) is 3.81. The summed E-state index contributed by atoms with van der Waals surface area (Å²) >= 11 is 0. The first-order valence-electron chi connectivity index (χ1n) is 7.94. The van der Waals surface area contributed by atoms with Gasteiger partial charge in [0.25, 0.3) is 21.8 Å². The van der Waals surface area contributed by atoms with E-state index in [2.05, 4.69) is 5.43 Å². The van der Waals surface area contributed by atoms with Gasteiger partial charge in [0.1, 0.15) is 12.3 Å². The molecule has 2 aromatic carbocycles. The lowest BCUT2D eigenvalue weighted by atomic mass is 10.2. The molecule has 1 aliphatic heterocycles. The number of anilines is 1. The Hall–Kier alpha value is -3.44. The minimum Gasteiger partial charge on any atom is -0.482 e. The fourth-order valence-corrected chi connectivity index (χ4v) is 3.35. The van der Waals surface area contributed by atoms with E-state index in [1.807, 2.05) is 4.83 Å². The average molecular weight is 405 g/mol. The first-order chi connectivity index (χ1) is 13.3. The molecule has 10 nitrogen and oxygen atoms in total. The molecule has 0 atom stereocenters. The minimum atomic E-state index is -4.19. The van der Waals surface area contributed by atoms with Crippen LogP contribution in [0.15, 0.2) is 53.4 Å². The molecule has 0 aliphatic carbocycles. The lowest BCUT2D eigenvalue weighted by Crippen LogP contribution is -2.43. The summed E-state index contributed by atoms with van der Waals surface area (Å²) in [5.41, 5.74) is 2.35. The second kappa shape index (κ2) is 7.66. The lowest BCUT2D eigenvalue weighted by molar-refractivity contribution is -0.137. The molecule has 1 aliphatic rings. The number of hydrazine groups is 1. The molecule has 0 fully saturated rings. The van der Waals surface area contributed by atoms with E-state index in [-0.39, 0.29) is 28.5 Å². The molecule has 11 heteroatoms. The van der Waals surface area contributed by atoms with Crippen LogP contribution in [0.25, 0.3) is 0 Å². The molecule has 0 bridgehead atoms. The first-order valence-corrected chi connectivity index (χ1v) is 9.42. The van der Waals surface area contributed by atoms with E-state index >= 15 is 0 Å². The Labute approximate surface area is 159 Å². The SMILES string of the molecule is O=C(O)CN1C(=O)COc2ccc(S(=O)(=O)NNC(=O)c3ccccc3)cc21. The van der Waals surface area contributed by atoms with Crippen LogP contribution in [0.1, 0.15) is 10.4 Å². The second-order valence-corrected chi connectivity index (χ2v) is 7.40. The number of fused-ring (bicyclic) bond motifs is 1. The van der Waals surface area contributed by atoms with E-state index in [0.717, 1.165) is 11.0 Å². The summed E-state index contributed by atoms with van der Waals surface area (Å²) in [6.45, 7) is -0.991. The van der Waals surface area contributed by atoms with Crippen LogP contribution < -0.4 is 19.9 Å². The number of hydrogen-bond donors (Lipinski definition) is 3. The number of carbonyl (C=O) groups excluding carboxylic acids is 2. The van der Waals surface area contributed by atoms with E-state index in [4.69, 9.17) is 9.84 Å². The van der Waals surface area contributed by atoms with Gasteiger partial charge < -0.3 is 9.84 Å². The number of carboxylic acid groups (broad SMARTS) is 1. The smallest absolute Gasteiger partial charge is 0.323 e.